The molecule has 1 amide bonds. The maximum Gasteiger partial charge on any atom is 0.294 e. The molecule has 0 aromatic carbocycles. The zero-order chi connectivity index (χ0) is 18.8. The highest BCUT2D eigenvalue weighted by Crippen LogP contribution is 2.45. The van der Waals surface area contributed by atoms with E-state index in [0.717, 1.165) is 28.0 Å². The van der Waals surface area contributed by atoms with Gasteiger partial charge in [-0.15, -0.1) is 22.7 Å². The number of carbonyl (C=O) groups is 1. The third-order valence-electron chi connectivity index (χ3n) is 2.95. The van der Waals surface area contributed by atoms with Gasteiger partial charge in [0.25, 0.3) is 11.6 Å². The Bertz CT molecular complexity index is 985. The molecule has 0 spiro atoms. The number of hydrogen-bond acceptors (Lipinski definition) is 8. The number of nitro groups is 1. The van der Waals surface area contributed by atoms with Crippen molar-refractivity contribution < 1.29 is 9.72 Å². The van der Waals surface area contributed by atoms with Crippen LogP contribution in [0.1, 0.15) is 14.5 Å². The number of halogens is 2. The number of rotatable bonds is 5. The van der Waals surface area contributed by atoms with Crippen LogP contribution >= 0.6 is 57.6 Å². The summed E-state index contributed by atoms with van der Waals surface area (Å²) in [6, 6.07) is 1.23. The van der Waals surface area contributed by atoms with Crippen LogP contribution in [0, 0.1) is 17.0 Å². The average molecular weight is 447 g/mol. The highest BCUT2D eigenvalue weighted by atomic mass is 35.5. The number of amides is 1. The Hall–Kier alpha value is -1.72. The molecule has 3 aromatic rings. The maximum atomic E-state index is 12.4. The summed E-state index contributed by atoms with van der Waals surface area (Å²) in [7, 11) is 0. The molecule has 0 fully saturated rings. The van der Waals surface area contributed by atoms with Crippen molar-refractivity contribution in [1.82, 2.24) is 9.97 Å². The lowest BCUT2D eigenvalue weighted by atomic mass is 10.4. The third kappa shape index (κ3) is 4.15. The number of pyridine rings is 1. The summed E-state index contributed by atoms with van der Waals surface area (Å²) < 4.78 is 0.297. The Kier molecular flexibility index (Phi) is 5.78. The van der Waals surface area contributed by atoms with Gasteiger partial charge in [-0.05, 0) is 6.92 Å². The van der Waals surface area contributed by atoms with Gasteiger partial charge in [0.15, 0.2) is 5.13 Å². The van der Waals surface area contributed by atoms with E-state index in [-0.39, 0.29) is 20.6 Å². The molecule has 3 rings (SSSR count). The fourth-order valence-electron chi connectivity index (χ4n) is 1.84. The third-order valence-corrected chi connectivity index (χ3v) is 7.03. The molecular formula is C14H8Cl2N4O3S3. The summed E-state index contributed by atoms with van der Waals surface area (Å²) in [6.07, 6.45) is 4.42. The number of carbonyl (C=O) groups excluding carboxylic acids is 1. The Labute approximate surface area is 169 Å². The second-order valence-electron chi connectivity index (χ2n) is 4.80. The van der Waals surface area contributed by atoms with E-state index in [4.69, 9.17) is 23.2 Å². The maximum absolute atomic E-state index is 12.4. The van der Waals surface area contributed by atoms with Gasteiger partial charge in [0.1, 0.15) is 9.09 Å². The quantitative estimate of drug-likeness (QED) is 0.408. The lowest BCUT2D eigenvalue weighted by Gasteiger charge is -2.03. The molecular weight excluding hydrogens is 439 g/mol. The molecule has 134 valence electrons. The number of nitrogens with zero attached hydrogens (tertiary/aromatic N) is 3. The van der Waals surface area contributed by atoms with Gasteiger partial charge in [0.05, 0.1) is 19.9 Å². The van der Waals surface area contributed by atoms with Crippen LogP contribution < -0.4 is 5.32 Å². The van der Waals surface area contributed by atoms with Gasteiger partial charge < -0.3 is 0 Å². The minimum absolute atomic E-state index is 0.188. The molecule has 1 N–H and O–H groups in total. The lowest BCUT2D eigenvalue weighted by molar-refractivity contribution is -0.387. The van der Waals surface area contributed by atoms with Crippen LogP contribution in [0.5, 0.6) is 0 Å². The zero-order valence-electron chi connectivity index (χ0n) is 12.9. The molecule has 0 radical (unpaired) electrons. The molecule has 0 atom stereocenters. The first-order valence-electron chi connectivity index (χ1n) is 6.84. The molecule has 26 heavy (non-hydrogen) atoms. The average Bonchev–Trinajstić information content (AvgIpc) is 3.17. The van der Waals surface area contributed by atoms with Gasteiger partial charge in [0, 0.05) is 29.5 Å². The summed E-state index contributed by atoms with van der Waals surface area (Å²) in [5.74, 6) is -0.466. The number of aromatic nitrogens is 2. The van der Waals surface area contributed by atoms with Crippen molar-refractivity contribution in [3.63, 3.8) is 0 Å². The van der Waals surface area contributed by atoms with Crippen LogP contribution in [0.15, 0.2) is 33.8 Å². The number of thiazole rings is 1. The van der Waals surface area contributed by atoms with E-state index in [1.54, 1.807) is 6.20 Å². The topological polar surface area (TPSA) is 98.0 Å². The summed E-state index contributed by atoms with van der Waals surface area (Å²) >= 11 is 15.5. The van der Waals surface area contributed by atoms with Gasteiger partial charge >= 0.3 is 0 Å². The van der Waals surface area contributed by atoms with Crippen LogP contribution in [0.25, 0.3) is 0 Å². The molecule has 3 aromatic heterocycles. The smallest absolute Gasteiger partial charge is 0.294 e. The monoisotopic (exact) mass is 446 g/mol. The Balaban J connectivity index is 1.91. The number of hydrogen-bond donors (Lipinski definition) is 1. The molecule has 0 unspecified atom stereocenters. The largest absolute Gasteiger partial charge is 0.297 e. The van der Waals surface area contributed by atoms with Crippen molar-refractivity contribution in [1.29, 1.82) is 0 Å². The Morgan fingerprint density at radius 1 is 1.27 bits per heavy atom. The fraction of sp³-hybridized carbons (Fsp3) is 0.0714. The van der Waals surface area contributed by atoms with E-state index in [0.29, 0.717) is 14.2 Å². The number of nitrogens with one attached hydrogen (secondary N) is 1. The van der Waals surface area contributed by atoms with Gasteiger partial charge in [-0.3, -0.25) is 25.2 Å². The molecule has 0 aliphatic carbocycles. The molecule has 3 heterocycles. The minimum Gasteiger partial charge on any atom is -0.297 e. The summed E-state index contributed by atoms with van der Waals surface area (Å²) in [5, 5.41) is 15.0. The molecule has 0 aliphatic heterocycles. The van der Waals surface area contributed by atoms with E-state index in [2.05, 4.69) is 15.3 Å². The van der Waals surface area contributed by atoms with E-state index < -0.39 is 10.8 Å². The second-order valence-corrected chi connectivity index (χ2v) is 9.19. The zero-order valence-corrected chi connectivity index (χ0v) is 16.8. The van der Waals surface area contributed by atoms with Crippen LogP contribution in [0.4, 0.5) is 10.8 Å². The van der Waals surface area contributed by atoms with Crippen molar-refractivity contribution in [3.05, 3.63) is 54.6 Å². The number of aryl methyl sites for hydroxylation is 1. The predicted molar refractivity (Wildman–Crippen MR) is 104 cm³/mol. The van der Waals surface area contributed by atoms with Crippen molar-refractivity contribution in [2.75, 3.05) is 5.32 Å². The molecule has 0 bridgehead atoms. The highest BCUT2D eigenvalue weighted by molar-refractivity contribution is 8.01. The van der Waals surface area contributed by atoms with Gasteiger partial charge in [-0.25, -0.2) is 4.98 Å². The van der Waals surface area contributed by atoms with Gasteiger partial charge in [0.2, 0.25) is 0 Å². The molecule has 7 nitrogen and oxygen atoms in total. The van der Waals surface area contributed by atoms with E-state index in [1.807, 2.05) is 6.92 Å². The second kappa shape index (κ2) is 7.89. The summed E-state index contributed by atoms with van der Waals surface area (Å²) in [5.41, 5.74) is -0.190. The van der Waals surface area contributed by atoms with Crippen molar-refractivity contribution >= 4 is 74.4 Å². The van der Waals surface area contributed by atoms with Crippen LogP contribution in [0.2, 0.25) is 10.0 Å². The van der Waals surface area contributed by atoms with Crippen LogP contribution in [0.3, 0.4) is 0 Å². The number of thiophene rings is 1. The fourth-order valence-corrected chi connectivity index (χ4v) is 5.26. The van der Waals surface area contributed by atoms with Crippen molar-refractivity contribution in [2.45, 2.75) is 16.0 Å². The number of anilines is 1. The van der Waals surface area contributed by atoms with E-state index in [9.17, 15) is 14.9 Å². The summed E-state index contributed by atoms with van der Waals surface area (Å²) in [4.78, 5) is 32.6. The van der Waals surface area contributed by atoms with E-state index in [1.165, 1.54) is 29.8 Å². The minimum atomic E-state index is -0.549. The first kappa shape index (κ1) is 19.1. The molecule has 0 saturated heterocycles. The predicted octanol–water partition coefficient (Wildman–Crippen LogP) is 5.53. The standard InChI is InChI=1S/C14H8Cl2N4O3S3/c1-6-3-18-14(24-6)19-12(21)10-2-9(20(22)23)13(25-10)26-11-7(15)4-17-5-8(11)16/h2-5H,1H3,(H,18,19,21). The van der Waals surface area contributed by atoms with Gasteiger partial charge in [-0.1, -0.05) is 35.0 Å². The van der Waals surface area contributed by atoms with E-state index >= 15 is 0 Å². The highest BCUT2D eigenvalue weighted by Gasteiger charge is 2.25. The van der Waals surface area contributed by atoms with Crippen LogP contribution in [-0.2, 0) is 0 Å². The normalized spacial score (nSPS) is 10.7. The van der Waals surface area contributed by atoms with Crippen molar-refractivity contribution in [3.8, 4) is 0 Å². The Morgan fingerprint density at radius 2 is 1.96 bits per heavy atom. The lowest BCUT2D eigenvalue weighted by Crippen LogP contribution is -2.09. The first-order valence-corrected chi connectivity index (χ1v) is 10.0. The molecule has 0 saturated carbocycles. The van der Waals surface area contributed by atoms with Gasteiger partial charge in [-0.2, -0.15) is 0 Å². The van der Waals surface area contributed by atoms with Crippen LogP contribution in [-0.4, -0.2) is 20.8 Å². The SMILES string of the molecule is Cc1cnc(NC(=O)c2cc([N+](=O)[O-])c(Sc3c(Cl)cncc3Cl)s2)s1. The Morgan fingerprint density at radius 3 is 2.54 bits per heavy atom. The first-order chi connectivity index (χ1) is 12.3. The molecule has 0 aliphatic rings. The summed E-state index contributed by atoms with van der Waals surface area (Å²) in [6.45, 7) is 1.86. The molecule has 12 heteroatoms. The van der Waals surface area contributed by atoms with Crippen molar-refractivity contribution in [2.24, 2.45) is 0 Å².